The first kappa shape index (κ1) is 28.1. The van der Waals surface area contributed by atoms with Gasteiger partial charge in [0.1, 0.15) is 0 Å². The Bertz CT molecular complexity index is 1540. The van der Waals surface area contributed by atoms with Gasteiger partial charge in [0.25, 0.3) is 0 Å². The van der Waals surface area contributed by atoms with Crippen molar-refractivity contribution in [3.63, 3.8) is 0 Å². The van der Waals surface area contributed by atoms with Crippen LogP contribution in [0.5, 0.6) is 0 Å². The Morgan fingerprint density at radius 2 is 1.69 bits per heavy atom. The van der Waals surface area contributed by atoms with E-state index in [0.717, 1.165) is 15.9 Å². The van der Waals surface area contributed by atoms with Gasteiger partial charge in [0.15, 0.2) is 0 Å². The summed E-state index contributed by atoms with van der Waals surface area (Å²) in [6.45, 7) is 3.39. The molecule has 0 aliphatic carbocycles. The molecule has 1 aliphatic rings. The molecule has 0 unspecified atom stereocenters. The van der Waals surface area contributed by atoms with Crippen LogP contribution in [-0.2, 0) is 25.7 Å². The molecule has 6 nitrogen and oxygen atoms in total. The number of rotatable bonds is 6. The zero-order valence-electron chi connectivity index (χ0n) is 21.1. The number of benzene rings is 3. The smallest absolute Gasteiger partial charge is 0.416 e. The molecule has 0 N–H and O–H groups in total. The zero-order valence-corrected chi connectivity index (χ0v) is 22.0. The number of carbonyl (C=O) groups is 1. The summed E-state index contributed by atoms with van der Waals surface area (Å²) in [5.74, 6) is -0.779. The van der Waals surface area contributed by atoms with Crippen molar-refractivity contribution in [1.29, 1.82) is 5.26 Å². The lowest BCUT2D eigenvalue weighted by Crippen LogP contribution is -2.43. The van der Waals surface area contributed by atoms with Crippen LogP contribution < -0.4 is 0 Å². The number of carbonyl (C=O) groups excluding carboxylic acids is 1. The third-order valence-electron chi connectivity index (χ3n) is 6.51. The van der Waals surface area contributed by atoms with Crippen LogP contribution in [0.15, 0.2) is 89.3 Å². The molecule has 3 aromatic carbocycles. The van der Waals surface area contributed by atoms with E-state index < -0.39 is 39.8 Å². The summed E-state index contributed by atoms with van der Waals surface area (Å²) in [6, 6.07) is 16.0. The molecule has 1 aliphatic heterocycles. The SMILES string of the molecule is CCOC(=O)C1=CC[C@@H](c2ccccc2C(F)(F)F)N(S(=O)(=O)c2ccc(C)cc2)[C@H]1c1ccc(C#N)cc1. The first-order valence-electron chi connectivity index (χ1n) is 12.1. The molecule has 0 fully saturated rings. The lowest BCUT2D eigenvalue weighted by atomic mass is 9.87. The second kappa shape index (κ2) is 11.0. The highest BCUT2D eigenvalue weighted by atomic mass is 32.2. The standard InChI is InChI=1S/C29H25F3N2O4S/c1-3-38-28(35)24-16-17-26(23-6-4-5-7-25(23)29(30,31)32)34(27(24)21-12-10-20(18-33)11-13-21)39(36,37)22-14-8-19(2)9-15-22/h4-16,26-27H,3,17H2,1-2H3/t26-,27-/m0/s1. The van der Waals surface area contributed by atoms with Crippen LogP contribution in [0.25, 0.3) is 0 Å². The number of alkyl halides is 3. The number of esters is 1. The van der Waals surface area contributed by atoms with Crippen molar-refractivity contribution in [2.45, 2.75) is 43.4 Å². The van der Waals surface area contributed by atoms with Crippen molar-refractivity contribution in [3.8, 4) is 6.07 Å². The molecule has 0 saturated carbocycles. The molecule has 10 heteroatoms. The van der Waals surface area contributed by atoms with Crippen molar-refractivity contribution in [3.05, 3.63) is 112 Å². The maximum Gasteiger partial charge on any atom is 0.416 e. The molecular weight excluding hydrogens is 529 g/mol. The van der Waals surface area contributed by atoms with E-state index in [1.165, 1.54) is 60.7 Å². The van der Waals surface area contributed by atoms with Gasteiger partial charge in [0.2, 0.25) is 10.0 Å². The Morgan fingerprint density at radius 1 is 1.05 bits per heavy atom. The average Bonchev–Trinajstić information content (AvgIpc) is 2.92. The largest absolute Gasteiger partial charge is 0.463 e. The number of nitrogens with zero attached hydrogens (tertiary/aromatic N) is 2. The fraction of sp³-hybridized carbons (Fsp3) is 0.241. The topological polar surface area (TPSA) is 87.5 Å². The molecule has 0 amide bonds. The van der Waals surface area contributed by atoms with Gasteiger partial charge < -0.3 is 4.74 Å². The summed E-state index contributed by atoms with van der Waals surface area (Å²) in [5.41, 5.74) is 0.172. The van der Waals surface area contributed by atoms with Crippen LogP contribution in [0.4, 0.5) is 13.2 Å². The Kier molecular flexibility index (Phi) is 7.95. The van der Waals surface area contributed by atoms with E-state index in [0.29, 0.717) is 11.1 Å². The molecule has 202 valence electrons. The first-order chi connectivity index (χ1) is 18.5. The minimum absolute atomic E-state index is 0.0152. The number of ether oxygens (including phenoxy) is 1. The minimum Gasteiger partial charge on any atom is -0.463 e. The van der Waals surface area contributed by atoms with E-state index in [-0.39, 0.29) is 29.1 Å². The zero-order chi connectivity index (χ0) is 28.4. The summed E-state index contributed by atoms with van der Waals surface area (Å²) < 4.78 is 77.1. The third kappa shape index (κ3) is 5.60. The summed E-state index contributed by atoms with van der Waals surface area (Å²) in [7, 11) is -4.48. The normalized spacial score (nSPS) is 18.2. The summed E-state index contributed by atoms with van der Waals surface area (Å²) in [4.78, 5) is 13.0. The van der Waals surface area contributed by atoms with Crippen molar-refractivity contribution >= 4 is 16.0 Å². The number of hydrogen-bond donors (Lipinski definition) is 0. The van der Waals surface area contributed by atoms with E-state index in [2.05, 4.69) is 0 Å². The van der Waals surface area contributed by atoms with Crippen molar-refractivity contribution in [2.24, 2.45) is 0 Å². The molecule has 0 bridgehead atoms. The Labute approximate surface area is 225 Å². The lowest BCUT2D eigenvalue weighted by molar-refractivity contribution is -0.140. The van der Waals surface area contributed by atoms with Gasteiger partial charge in [0.05, 0.1) is 46.4 Å². The average molecular weight is 555 g/mol. The number of nitriles is 1. The molecule has 2 atom stereocenters. The monoisotopic (exact) mass is 554 g/mol. The van der Waals surface area contributed by atoms with Crippen molar-refractivity contribution in [1.82, 2.24) is 4.31 Å². The fourth-order valence-corrected chi connectivity index (χ4v) is 6.47. The van der Waals surface area contributed by atoms with E-state index in [4.69, 9.17) is 4.74 Å². The summed E-state index contributed by atoms with van der Waals surface area (Å²) >= 11 is 0. The van der Waals surface area contributed by atoms with E-state index >= 15 is 0 Å². The molecule has 0 radical (unpaired) electrons. The molecule has 3 aromatic rings. The molecule has 0 spiro atoms. The highest BCUT2D eigenvalue weighted by Gasteiger charge is 2.47. The quantitative estimate of drug-likeness (QED) is 0.336. The molecule has 0 saturated heterocycles. The highest BCUT2D eigenvalue weighted by Crippen LogP contribution is 2.48. The van der Waals surface area contributed by atoms with E-state index in [9.17, 15) is 31.6 Å². The highest BCUT2D eigenvalue weighted by molar-refractivity contribution is 7.89. The van der Waals surface area contributed by atoms with Gasteiger partial charge in [-0.3, -0.25) is 0 Å². The molecule has 4 rings (SSSR count). The number of sulfonamides is 1. The predicted molar refractivity (Wildman–Crippen MR) is 138 cm³/mol. The van der Waals surface area contributed by atoms with Gasteiger partial charge in [-0.25, -0.2) is 13.2 Å². The van der Waals surface area contributed by atoms with Crippen LogP contribution in [0.2, 0.25) is 0 Å². The van der Waals surface area contributed by atoms with Gasteiger partial charge in [-0.2, -0.15) is 22.7 Å². The molecule has 39 heavy (non-hydrogen) atoms. The number of halogens is 3. The molecule has 1 heterocycles. The summed E-state index contributed by atoms with van der Waals surface area (Å²) in [6.07, 6.45) is -3.50. The first-order valence-corrected chi connectivity index (χ1v) is 13.6. The number of hydrogen-bond acceptors (Lipinski definition) is 5. The second-order valence-corrected chi connectivity index (χ2v) is 10.8. The van der Waals surface area contributed by atoms with E-state index in [1.54, 1.807) is 26.0 Å². The van der Waals surface area contributed by atoms with E-state index in [1.807, 2.05) is 6.07 Å². The van der Waals surface area contributed by atoms with Crippen molar-refractivity contribution < 1.29 is 31.1 Å². The Morgan fingerprint density at radius 3 is 2.28 bits per heavy atom. The Hall–Kier alpha value is -3.94. The van der Waals surface area contributed by atoms with Gasteiger partial charge in [-0.05, 0) is 61.7 Å². The van der Waals surface area contributed by atoms with Gasteiger partial charge in [0, 0.05) is 0 Å². The molecular formula is C29H25F3N2O4S. The van der Waals surface area contributed by atoms with Crippen molar-refractivity contribution in [2.75, 3.05) is 6.61 Å². The van der Waals surface area contributed by atoms with Crippen LogP contribution in [0.1, 0.15) is 53.2 Å². The minimum atomic E-state index is -4.75. The third-order valence-corrected chi connectivity index (χ3v) is 8.39. The van der Waals surface area contributed by atoms with Gasteiger partial charge in [-0.1, -0.05) is 54.1 Å². The van der Waals surface area contributed by atoms with Gasteiger partial charge in [-0.15, -0.1) is 0 Å². The maximum atomic E-state index is 14.3. The predicted octanol–water partition coefficient (Wildman–Crippen LogP) is 6.25. The van der Waals surface area contributed by atoms with Crippen LogP contribution in [-0.4, -0.2) is 25.3 Å². The van der Waals surface area contributed by atoms with Crippen LogP contribution in [0.3, 0.4) is 0 Å². The number of aryl methyl sites for hydroxylation is 1. The Balaban J connectivity index is 2.03. The van der Waals surface area contributed by atoms with Gasteiger partial charge >= 0.3 is 12.1 Å². The van der Waals surface area contributed by atoms with Crippen LogP contribution in [0, 0.1) is 18.3 Å². The van der Waals surface area contributed by atoms with Crippen LogP contribution >= 0.6 is 0 Å². The lowest BCUT2D eigenvalue weighted by Gasteiger charge is -2.41. The second-order valence-electron chi connectivity index (χ2n) is 9.00. The maximum absolute atomic E-state index is 14.3. The molecule has 0 aromatic heterocycles. The fourth-order valence-electron chi connectivity index (χ4n) is 4.69. The summed E-state index contributed by atoms with van der Waals surface area (Å²) in [5, 5.41) is 9.25.